The Balaban J connectivity index is 1.84. The lowest BCUT2D eigenvalue weighted by molar-refractivity contribution is 0.482. The zero-order chi connectivity index (χ0) is 18.2. The number of aromatic hydroxyl groups is 1. The molecule has 5 aromatic rings. The predicted molar refractivity (Wildman–Crippen MR) is 114 cm³/mol. The van der Waals surface area contributed by atoms with Gasteiger partial charge >= 0.3 is 0 Å². The summed E-state index contributed by atoms with van der Waals surface area (Å²) in [6.45, 7) is 0. The zero-order valence-corrected chi connectivity index (χ0v) is 14.8. The van der Waals surface area contributed by atoms with Gasteiger partial charge in [-0.1, -0.05) is 91.0 Å². The third-order valence-electron chi connectivity index (χ3n) is 5.15. The fourth-order valence-corrected chi connectivity index (χ4v) is 3.86. The van der Waals surface area contributed by atoms with Crippen LogP contribution in [-0.2, 0) is 0 Å². The molecule has 0 radical (unpaired) electrons. The van der Waals surface area contributed by atoms with Gasteiger partial charge in [0.25, 0.3) is 0 Å². The Labute approximate surface area is 158 Å². The van der Waals surface area contributed by atoms with Crippen molar-refractivity contribution in [3.05, 3.63) is 103 Å². The maximum Gasteiger partial charge on any atom is 0.124 e. The smallest absolute Gasteiger partial charge is 0.124 e. The zero-order valence-electron chi connectivity index (χ0n) is 14.8. The largest absolute Gasteiger partial charge is 0.507 e. The number of benzene rings is 5. The second-order valence-electron chi connectivity index (χ2n) is 6.79. The molecule has 5 aromatic carbocycles. The Bertz CT molecular complexity index is 1260. The molecule has 0 bridgehead atoms. The van der Waals surface area contributed by atoms with Gasteiger partial charge in [0.05, 0.1) is 0 Å². The lowest BCUT2D eigenvalue weighted by Gasteiger charge is -2.13. The summed E-state index contributed by atoms with van der Waals surface area (Å²) < 4.78 is 0. The van der Waals surface area contributed by atoms with Crippen molar-refractivity contribution in [3.63, 3.8) is 0 Å². The van der Waals surface area contributed by atoms with Crippen LogP contribution in [0.3, 0.4) is 0 Å². The van der Waals surface area contributed by atoms with Crippen LogP contribution in [0.2, 0.25) is 0 Å². The minimum absolute atomic E-state index is 0.320. The Hall–Kier alpha value is -3.58. The fraction of sp³-hybridized carbons (Fsp3) is 0. The summed E-state index contributed by atoms with van der Waals surface area (Å²) in [5.41, 5.74) is 4.62. The van der Waals surface area contributed by atoms with Crippen LogP contribution in [-0.4, -0.2) is 5.11 Å². The summed E-state index contributed by atoms with van der Waals surface area (Å²) in [7, 11) is 0. The molecule has 0 heterocycles. The molecule has 128 valence electrons. The van der Waals surface area contributed by atoms with Gasteiger partial charge in [-0.05, 0) is 45.2 Å². The van der Waals surface area contributed by atoms with Crippen molar-refractivity contribution >= 4 is 21.5 Å². The van der Waals surface area contributed by atoms with E-state index >= 15 is 0 Å². The van der Waals surface area contributed by atoms with Crippen LogP contribution in [0.25, 0.3) is 43.8 Å². The van der Waals surface area contributed by atoms with E-state index in [1.807, 2.05) is 54.6 Å². The molecule has 0 saturated heterocycles. The van der Waals surface area contributed by atoms with E-state index in [0.717, 1.165) is 38.2 Å². The van der Waals surface area contributed by atoms with Crippen molar-refractivity contribution in [2.75, 3.05) is 0 Å². The minimum atomic E-state index is 0.320. The van der Waals surface area contributed by atoms with Gasteiger partial charge in [0, 0.05) is 10.8 Å². The van der Waals surface area contributed by atoms with Gasteiger partial charge in [0.2, 0.25) is 0 Å². The molecule has 0 aliphatic rings. The maximum absolute atomic E-state index is 10.7. The van der Waals surface area contributed by atoms with Crippen LogP contribution in [0.5, 0.6) is 5.75 Å². The van der Waals surface area contributed by atoms with E-state index in [1.54, 1.807) is 0 Å². The summed E-state index contributed by atoms with van der Waals surface area (Å²) in [6, 6.07) is 35.2. The molecule has 0 aliphatic heterocycles. The molecule has 0 spiro atoms. The normalized spacial score (nSPS) is 11.1. The van der Waals surface area contributed by atoms with Crippen LogP contribution in [0.15, 0.2) is 103 Å². The third-order valence-corrected chi connectivity index (χ3v) is 5.15. The highest BCUT2D eigenvalue weighted by Gasteiger charge is 2.12. The average Bonchev–Trinajstić information content (AvgIpc) is 2.74. The number of phenolic OH excluding ortho intramolecular Hbond substituents is 1. The first kappa shape index (κ1) is 15.7. The fourth-order valence-electron chi connectivity index (χ4n) is 3.86. The van der Waals surface area contributed by atoms with Crippen molar-refractivity contribution in [2.24, 2.45) is 0 Å². The van der Waals surface area contributed by atoms with E-state index in [9.17, 15) is 5.11 Å². The van der Waals surface area contributed by atoms with E-state index in [0.29, 0.717) is 5.75 Å². The molecule has 1 nitrogen and oxygen atoms in total. The molecule has 5 rings (SSSR count). The Morgan fingerprint density at radius 3 is 1.93 bits per heavy atom. The van der Waals surface area contributed by atoms with Crippen molar-refractivity contribution in [2.45, 2.75) is 0 Å². The highest BCUT2D eigenvalue weighted by atomic mass is 16.3. The standard InChI is InChI=1S/C26H18O/c27-25-17-21-16-20(18-8-3-1-4-9-18)14-15-23(21)26-22(12-7-13-24(25)26)19-10-5-2-6-11-19/h1-17,27H. The van der Waals surface area contributed by atoms with Gasteiger partial charge < -0.3 is 5.11 Å². The summed E-state index contributed by atoms with van der Waals surface area (Å²) >= 11 is 0. The summed E-state index contributed by atoms with van der Waals surface area (Å²) in [5.74, 6) is 0.320. The molecule has 0 unspecified atom stereocenters. The van der Waals surface area contributed by atoms with Gasteiger partial charge in [-0.2, -0.15) is 0 Å². The lowest BCUT2D eigenvalue weighted by atomic mass is 9.92. The molecule has 1 heteroatoms. The van der Waals surface area contributed by atoms with Crippen molar-refractivity contribution in [1.29, 1.82) is 0 Å². The van der Waals surface area contributed by atoms with E-state index < -0.39 is 0 Å². The maximum atomic E-state index is 10.7. The molecule has 1 N–H and O–H groups in total. The second kappa shape index (κ2) is 6.30. The van der Waals surface area contributed by atoms with Crippen LogP contribution >= 0.6 is 0 Å². The molecular weight excluding hydrogens is 328 g/mol. The number of hydrogen-bond donors (Lipinski definition) is 1. The topological polar surface area (TPSA) is 20.2 Å². The van der Waals surface area contributed by atoms with Crippen molar-refractivity contribution in [3.8, 4) is 28.0 Å². The number of rotatable bonds is 2. The lowest BCUT2D eigenvalue weighted by Crippen LogP contribution is -1.86. The first-order valence-electron chi connectivity index (χ1n) is 9.10. The molecule has 0 aliphatic carbocycles. The summed E-state index contributed by atoms with van der Waals surface area (Å²) in [6.07, 6.45) is 0. The predicted octanol–water partition coefficient (Wildman–Crippen LogP) is 7.03. The Kier molecular flexibility index (Phi) is 3.65. The molecule has 0 saturated carbocycles. The van der Waals surface area contributed by atoms with E-state index in [4.69, 9.17) is 0 Å². The number of fused-ring (bicyclic) bond motifs is 3. The Morgan fingerprint density at radius 1 is 0.481 bits per heavy atom. The molecule has 0 fully saturated rings. The van der Waals surface area contributed by atoms with Gasteiger partial charge in [0.15, 0.2) is 0 Å². The van der Waals surface area contributed by atoms with Crippen LogP contribution in [0, 0.1) is 0 Å². The first-order chi connectivity index (χ1) is 13.3. The van der Waals surface area contributed by atoms with Crippen LogP contribution in [0.1, 0.15) is 0 Å². The van der Waals surface area contributed by atoms with Gasteiger partial charge in [-0.25, -0.2) is 0 Å². The number of hydrogen-bond acceptors (Lipinski definition) is 1. The van der Waals surface area contributed by atoms with Crippen molar-refractivity contribution < 1.29 is 5.11 Å². The average molecular weight is 346 g/mol. The SMILES string of the molecule is Oc1cc2cc(-c3ccccc3)ccc2c2c(-c3ccccc3)cccc12. The second-order valence-corrected chi connectivity index (χ2v) is 6.79. The highest BCUT2D eigenvalue weighted by Crippen LogP contribution is 2.40. The van der Waals surface area contributed by atoms with Crippen molar-refractivity contribution in [1.82, 2.24) is 0 Å². The van der Waals surface area contributed by atoms with Gasteiger partial charge in [-0.15, -0.1) is 0 Å². The minimum Gasteiger partial charge on any atom is -0.507 e. The summed E-state index contributed by atoms with van der Waals surface area (Å²) in [4.78, 5) is 0. The van der Waals surface area contributed by atoms with Crippen LogP contribution < -0.4 is 0 Å². The highest BCUT2D eigenvalue weighted by molar-refractivity contribution is 6.17. The molecule has 0 aromatic heterocycles. The van der Waals surface area contributed by atoms with E-state index in [-0.39, 0.29) is 0 Å². The van der Waals surface area contributed by atoms with Gasteiger partial charge in [0.1, 0.15) is 5.75 Å². The third kappa shape index (κ3) is 2.65. The first-order valence-corrected chi connectivity index (χ1v) is 9.10. The monoisotopic (exact) mass is 346 g/mol. The van der Waals surface area contributed by atoms with Crippen LogP contribution in [0.4, 0.5) is 0 Å². The number of phenols is 1. The summed E-state index contributed by atoms with van der Waals surface area (Å²) in [5, 5.41) is 14.9. The van der Waals surface area contributed by atoms with Gasteiger partial charge in [-0.3, -0.25) is 0 Å². The quantitative estimate of drug-likeness (QED) is 0.340. The van der Waals surface area contributed by atoms with E-state index in [1.165, 1.54) is 5.56 Å². The molecule has 0 amide bonds. The molecule has 0 atom stereocenters. The van der Waals surface area contributed by atoms with E-state index in [2.05, 4.69) is 48.5 Å². The Morgan fingerprint density at radius 2 is 1.19 bits per heavy atom. The molecule has 27 heavy (non-hydrogen) atoms. The molecular formula is C26H18O.